The van der Waals surface area contributed by atoms with Crippen molar-refractivity contribution in [2.45, 2.75) is 308 Å². The molecule has 0 N–H and O–H groups in total. The van der Waals surface area contributed by atoms with E-state index in [1.807, 2.05) is 74.5 Å². The van der Waals surface area contributed by atoms with Crippen LogP contribution in [0.4, 0.5) is 0 Å². The van der Waals surface area contributed by atoms with E-state index >= 15 is 0 Å². The number of aliphatic imine (C=N–C) groups is 5. The zero-order chi connectivity index (χ0) is 101. The third kappa shape index (κ3) is 24.1. The van der Waals surface area contributed by atoms with Crippen LogP contribution in [0.2, 0.25) is 0 Å². The quantitative estimate of drug-likeness (QED) is 0.0622. The minimum Gasteiger partial charge on any atom is -0.339 e. The van der Waals surface area contributed by atoms with E-state index in [0.29, 0.717) is 128 Å². The van der Waals surface area contributed by atoms with Crippen molar-refractivity contribution in [1.82, 2.24) is 70.5 Å². The molecule has 11 fully saturated rings. The molecule has 6 saturated carbocycles. The van der Waals surface area contributed by atoms with E-state index < -0.39 is 50.1 Å². The molecule has 6 aliphatic carbocycles. The van der Waals surface area contributed by atoms with Crippen molar-refractivity contribution in [1.29, 1.82) is 0 Å². The van der Waals surface area contributed by atoms with Gasteiger partial charge < -0.3 is 34.3 Å². The van der Waals surface area contributed by atoms with E-state index in [1.165, 1.54) is 92.1 Å². The standard InChI is InChI=1S/C24H36N4O2S.2C23H34N4O2S.2C19H30N4O2S/c1-19(2)20-8-10-22(11-9-20)31(29,30)28-18-24(12-3-4-13-24)25-23(28)27-16-14-26(15-17-27)21-6-5-7-21;2*1-17(2)18-8-10-21(11-9-18)30(28,29)27-16-22(19-6-7-19)24-23(27)26-14-12-25(13-15-26)20-4-3-5-20;2*1-5-21-10-12-22(13-11-21)19-20-16(4)14-23(19)26(24,25)18-8-6-17(7-9-18)15(2)3/h8-11,19,21H,3-7,12-18H2,1-2H3;2*8-11,17,19-20,22H,3-7,12-16H2,1-2H3;2*6-9,15-16H,5,10-14H2,1-4H3/t;2*22-;2*16-/m.1010/s1. The summed E-state index contributed by atoms with van der Waals surface area (Å²) in [5.74, 6) is 6.32. The second kappa shape index (κ2) is 45.2. The molecule has 1 spiro atoms. The van der Waals surface area contributed by atoms with Crippen LogP contribution in [-0.2, 0) is 50.1 Å². The highest BCUT2D eigenvalue weighted by molar-refractivity contribution is 7.91. The second-order valence-electron chi connectivity index (χ2n) is 44.5. The van der Waals surface area contributed by atoms with Gasteiger partial charge in [-0.15, -0.1) is 0 Å². The van der Waals surface area contributed by atoms with Gasteiger partial charge in [0.15, 0.2) is 0 Å². The number of likely N-dealkylation sites (N-methyl/N-ethyl adjacent to an activating group) is 2. The van der Waals surface area contributed by atoms with E-state index in [1.54, 1.807) is 73.6 Å². The predicted molar refractivity (Wildman–Crippen MR) is 572 cm³/mol. The van der Waals surface area contributed by atoms with Crippen LogP contribution >= 0.6 is 0 Å². The average molecular weight is 2060 g/mol. The fraction of sp³-hybridized carbons (Fsp3) is 0.676. The molecule has 10 heterocycles. The molecule has 30 nitrogen and oxygen atoms in total. The van der Waals surface area contributed by atoms with E-state index in [9.17, 15) is 42.1 Å². The van der Waals surface area contributed by atoms with Crippen LogP contribution in [0.5, 0.6) is 0 Å². The second-order valence-corrected chi connectivity index (χ2v) is 53.8. The smallest absolute Gasteiger partial charge is 0.266 e. The number of hydrogen-bond donors (Lipinski definition) is 0. The molecule has 5 saturated heterocycles. The summed E-state index contributed by atoms with van der Waals surface area (Å²) in [7, 11) is -18.0. The highest BCUT2D eigenvalue weighted by Gasteiger charge is 2.51. The van der Waals surface area contributed by atoms with Crippen molar-refractivity contribution in [3.8, 4) is 0 Å². The third-order valence-electron chi connectivity index (χ3n) is 33.0. The van der Waals surface area contributed by atoms with Gasteiger partial charge in [0.1, 0.15) is 0 Å². The fourth-order valence-electron chi connectivity index (χ4n) is 22.3. The number of guanidine groups is 5. The van der Waals surface area contributed by atoms with Crippen molar-refractivity contribution < 1.29 is 42.1 Å². The molecule has 143 heavy (non-hydrogen) atoms. The van der Waals surface area contributed by atoms with Gasteiger partial charge in [0.05, 0.1) is 86.9 Å². The van der Waals surface area contributed by atoms with Crippen LogP contribution in [-0.4, -0.2) is 367 Å². The summed E-state index contributed by atoms with van der Waals surface area (Å²) in [6, 6.07) is 39.3. The van der Waals surface area contributed by atoms with E-state index in [0.717, 1.165) is 216 Å². The van der Waals surface area contributed by atoms with Crippen LogP contribution in [0.25, 0.3) is 0 Å². The summed E-state index contributed by atoms with van der Waals surface area (Å²) in [6.45, 7) is 52.1. The van der Waals surface area contributed by atoms with Gasteiger partial charge in [-0.1, -0.05) is 176 Å². The van der Waals surface area contributed by atoms with Gasteiger partial charge in [-0.3, -0.25) is 14.7 Å². The lowest BCUT2D eigenvalue weighted by Crippen LogP contribution is -2.56. The minimum absolute atomic E-state index is 0.0149. The highest BCUT2D eigenvalue weighted by atomic mass is 32.2. The third-order valence-corrected chi connectivity index (χ3v) is 41.8. The molecule has 0 aromatic heterocycles. The van der Waals surface area contributed by atoms with E-state index in [4.69, 9.17) is 15.0 Å². The van der Waals surface area contributed by atoms with Crippen LogP contribution in [0.3, 0.4) is 0 Å². The maximum absolute atomic E-state index is 13.7. The lowest BCUT2D eigenvalue weighted by molar-refractivity contribution is 0.0833. The van der Waals surface area contributed by atoms with E-state index in [-0.39, 0.29) is 29.7 Å². The van der Waals surface area contributed by atoms with E-state index in [2.05, 4.69) is 142 Å². The molecular weight excluding hydrogens is 1900 g/mol. The van der Waals surface area contributed by atoms with Crippen LogP contribution < -0.4 is 0 Å². The molecule has 5 aromatic rings. The van der Waals surface area contributed by atoms with Gasteiger partial charge in [0, 0.05) is 149 Å². The van der Waals surface area contributed by atoms with Crippen molar-refractivity contribution in [2.24, 2.45) is 36.8 Å². The Morgan fingerprint density at radius 3 is 0.741 bits per heavy atom. The number of sulfonamides is 5. The first-order chi connectivity index (χ1) is 68.4. The number of piperazine rings is 5. The Bertz CT molecular complexity index is 5600. The number of rotatable bonds is 22. The lowest BCUT2D eigenvalue weighted by Gasteiger charge is -2.44. The maximum Gasteiger partial charge on any atom is 0.266 e. The SMILES string of the molecule is CC(C)c1ccc(S(=O)(=O)N2CC3(CCCC3)N=C2N2CCN(C3CCC3)CC2)cc1.CC(C)c1ccc(S(=O)(=O)N2C[C@@H](C3CC3)N=C2N2CCN(C3CCC3)CC2)cc1.CC(C)c1ccc(S(=O)(=O)N2C[C@H](C3CC3)N=C2N2CCN(C3CCC3)CC2)cc1.CCN1CCN(C2=N[C@@H](C)CN2S(=O)(=O)c2ccc(C(C)C)cc2)CC1.CCN1CCN(C2=N[C@H](C)CN2S(=O)(=O)c2ccc(C(C)C)cc2)CC1. The van der Waals surface area contributed by atoms with Crippen LogP contribution in [0.1, 0.15) is 263 Å². The molecule has 0 unspecified atom stereocenters. The lowest BCUT2D eigenvalue weighted by atomic mass is 9.91. The molecule has 0 bridgehead atoms. The molecule has 5 aromatic carbocycles. The Hall–Kier alpha value is -8.00. The zero-order valence-electron chi connectivity index (χ0n) is 87.8. The summed E-state index contributed by atoms with van der Waals surface area (Å²) in [5, 5.41) is 0. The molecule has 0 amide bonds. The molecule has 10 aliphatic heterocycles. The minimum atomic E-state index is -3.62. The van der Waals surface area contributed by atoms with Crippen molar-refractivity contribution in [2.75, 3.05) is 177 Å². The predicted octanol–water partition coefficient (Wildman–Crippen LogP) is 14.3. The fourth-order valence-corrected chi connectivity index (χ4v) is 29.8. The van der Waals surface area contributed by atoms with Crippen LogP contribution in [0, 0.1) is 11.8 Å². The first-order valence-corrected chi connectivity index (χ1v) is 61.6. The Morgan fingerprint density at radius 2 is 0.510 bits per heavy atom. The maximum atomic E-state index is 13.7. The van der Waals surface area contributed by atoms with Gasteiger partial charge >= 0.3 is 0 Å². The number of hydrogen-bond acceptors (Lipinski definition) is 25. The first kappa shape index (κ1) is 106. The molecule has 21 rings (SSSR count). The molecule has 0 radical (unpaired) electrons. The Morgan fingerprint density at radius 1 is 0.280 bits per heavy atom. The molecule has 16 aliphatic rings. The molecule has 786 valence electrons. The van der Waals surface area contributed by atoms with Gasteiger partial charge in [-0.2, -0.15) is 0 Å². The van der Waals surface area contributed by atoms with Crippen molar-refractivity contribution in [3.05, 3.63) is 149 Å². The van der Waals surface area contributed by atoms with Crippen LogP contribution in [0.15, 0.2) is 171 Å². The highest BCUT2D eigenvalue weighted by Crippen LogP contribution is 2.45. The monoisotopic (exact) mass is 2060 g/mol. The van der Waals surface area contributed by atoms with Gasteiger partial charge in [0.2, 0.25) is 29.8 Å². The summed E-state index contributed by atoms with van der Waals surface area (Å²) < 4.78 is 143. The molecule has 35 heteroatoms. The van der Waals surface area contributed by atoms with Gasteiger partial charge in [-0.05, 0) is 234 Å². The summed E-state index contributed by atoms with van der Waals surface area (Å²) >= 11 is 0. The Kier molecular flexibility index (Phi) is 33.6. The molecular formula is C108H164N20O10S5. The normalized spacial score (nSPS) is 24.5. The molecule has 4 atom stereocenters. The largest absolute Gasteiger partial charge is 0.339 e. The summed E-state index contributed by atoms with van der Waals surface area (Å²) in [6.07, 6.45) is 20.9. The van der Waals surface area contributed by atoms with Crippen molar-refractivity contribution >= 4 is 79.9 Å². The average Bonchev–Trinajstić information content (AvgIpc) is 1.61. The number of benzene rings is 5. The Balaban J connectivity index is 0.000000123. The van der Waals surface area contributed by atoms with Crippen molar-refractivity contribution in [3.63, 3.8) is 0 Å². The number of nitrogens with zero attached hydrogens (tertiary/aromatic N) is 20. The zero-order valence-corrected chi connectivity index (χ0v) is 91.9. The summed E-state index contributed by atoms with van der Waals surface area (Å²) in [5.41, 5.74) is 5.55. The van der Waals surface area contributed by atoms with Gasteiger partial charge in [-0.25, -0.2) is 88.6 Å². The summed E-state index contributed by atoms with van der Waals surface area (Å²) in [4.78, 5) is 49.6. The van der Waals surface area contributed by atoms with Gasteiger partial charge in [0.25, 0.3) is 50.1 Å². The topological polar surface area (TPSA) is 281 Å². The first-order valence-electron chi connectivity index (χ1n) is 54.4. The Labute approximate surface area is 857 Å².